The van der Waals surface area contributed by atoms with Crippen molar-refractivity contribution < 1.29 is 0 Å². The molecule has 0 saturated carbocycles. The molecule has 17 heavy (non-hydrogen) atoms. The molecule has 0 amide bonds. The fraction of sp³-hybridized carbons (Fsp3) is 0.429. The zero-order valence-electron chi connectivity index (χ0n) is 10.7. The van der Waals surface area contributed by atoms with Gasteiger partial charge < -0.3 is 16.4 Å². The quantitative estimate of drug-likeness (QED) is 0.597. The van der Waals surface area contributed by atoms with Gasteiger partial charge in [0.15, 0.2) is 0 Å². The zero-order valence-corrected chi connectivity index (χ0v) is 10.7. The lowest BCUT2D eigenvalue weighted by molar-refractivity contribution is 0.400. The molecule has 0 bridgehead atoms. The maximum Gasteiger partial charge on any atom is 0.0583 e. The minimum atomic E-state index is 0.613. The van der Waals surface area contributed by atoms with Gasteiger partial charge in [0, 0.05) is 6.42 Å². The van der Waals surface area contributed by atoms with Crippen LogP contribution in [0.1, 0.15) is 17.5 Å². The first-order valence-electron chi connectivity index (χ1n) is 5.80. The van der Waals surface area contributed by atoms with Crippen LogP contribution in [0.15, 0.2) is 12.1 Å². The molecule has 0 aliphatic carbocycles. The summed E-state index contributed by atoms with van der Waals surface area (Å²) in [5, 5.41) is 0. The van der Waals surface area contributed by atoms with E-state index in [9.17, 15) is 0 Å². The third kappa shape index (κ3) is 3.69. The second kappa shape index (κ2) is 6.17. The Labute approximate surface area is 104 Å². The molecule has 3 heteroatoms. The molecule has 1 aromatic rings. The van der Waals surface area contributed by atoms with E-state index in [0.717, 1.165) is 30.5 Å². The predicted octanol–water partition coefficient (Wildman–Crippen LogP) is 1.52. The van der Waals surface area contributed by atoms with Crippen LogP contribution in [0.4, 0.5) is 11.4 Å². The van der Waals surface area contributed by atoms with Crippen molar-refractivity contribution >= 4 is 11.4 Å². The molecule has 1 aromatic carbocycles. The van der Waals surface area contributed by atoms with Crippen LogP contribution in [0.25, 0.3) is 0 Å². The predicted molar refractivity (Wildman–Crippen MR) is 74.7 cm³/mol. The van der Waals surface area contributed by atoms with Crippen molar-refractivity contribution in [2.45, 2.75) is 19.3 Å². The van der Waals surface area contributed by atoms with E-state index in [2.05, 4.69) is 24.9 Å². The number of rotatable bonds is 5. The lowest BCUT2D eigenvalue weighted by Gasteiger charge is -2.14. The first-order valence-corrected chi connectivity index (χ1v) is 5.80. The van der Waals surface area contributed by atoms with Crippen molar-refractivity contribution in [3.63, 3.8) is 0 Å². The first kappa shape index (κ1) is 13.4. The number of nitrogen functional groups attached to an aromatic ring is 2. The van der Waals surface area contributed by atoms with Gasteiger partial charge in [-0.3, -0.25) is 0 Å². The first-order chi connectivity index (χ1) is 8.06. The van der Waals surface area contributed by atoms with Gasteiger partial charge in [0.05, 0.1) is 11.4 Å². The number of nitrogens with zero attached hydrogens (tertiary/aromatic N) is 1. The molecule has 0 aliphatic heterocycles. The van der Waals surface area contributed by atoms with Crippen LogP contribution in [-0.4, -0.2) is 25.5 Å². The maximum atomic E-state index is 6.02. The normalized spacial score (nSPS) is 10.5. The minimum absolute atomic E-state index is 0.613. The van der Waals surface area contributed by atoms with E-state index in [-0.39, 0.29) is 0 Å². The minimum Gasteiger partial charge on any atom is -0.397 e. The van der Waals surface area contributed by atoms with Gasteiger partial charge in [0.25, 0.3) is 0 Å². The summed E-state index contributed by atoms with van der Waals surface area (Å²) in [6.45, 7) is 1.03. The Morgan fingerprint density at radius 2 is 2.00 bits per heavy atom. The molecule has 0 radical (unpaired) electrons. The highest BCUT2D eigenvalue weighted by Gasteiger charge is 2.08. The van der Waals surface area contributed by atoms with E-state index >= 15 is 0 Å². The molecule has 0 aromatic heterocycles. The van der Waals surface area contributed by atoms with Crippen LogP contribution in [-0.2, 0) is 12.8 Å². The highest BCUT2D eigenvalue weighted by atomic mass is 15.0. The monoisotopic (exact) mass is 231 g/mol. The van der Waals surface area contributed by atoms with Crippen LogP contribution < -0.4 is 11.5 Å². The Morgan fingerprint density at radius 3 is 2.59 bits per heavy atom. The molecule has 0 saturated heterocycles. The van der Waals surface area contributed by atoms with E-state index in [1.54, 1.807) is 0 Å². The number of terminal acetylenes is 1. The Balaban J connectivity index is 2.86. The van der Waals surface area contributed by atoms with Crippen molar-refractivity contribution in [1.29, 1.82) is 0 Å². The summed E-state index contributed by atoms with van der Waals surface area (Å²) in [6, 6.07) is 3.81. The van der Waals surface area contributed by atoms with Gasteiger partial charge in [-0.1, -0.05) is 6.07 Å². The molecule has 0 unspecified atom stereocenters. The second-order valence-corrected chi connectivity index (χ2v) is 4.49. The van der Waals surface area contributed by atoms with E-state index in [0.29, 0.717) is 17.8 Å². The van der Waals surface area contributed by atoms with Crippen LogP contribution in [0.3, 0.4) is 0 Å². The summed E-state index contributed by atoms with van der Waals surface area (Å²) in [7, 11) is 4.12. The Morgan fingerprint density at radius 1 is 1.29 bits per heavy atom. The summed E-state index contributed by atoms with van der Waals surface area (Å²) in [5.41, 5.74) is 15.4. The summed E-state index contributed by atoms with van der Waals surface area (Å²) < 4.78 is 0. The van der Waals surface area contributed by atoms with Gasteiger partial charge >= 0.3 is 0 Å². The Bertz CT molecular complexity index is 416. The van der Waals surface area contributed by atoms with E-state index in [4.69, 9.17) is 17.9 Å². The summed E-state index contributed by atoms with van der Waals surface area (Å²) in [6.07, 6.45) is 7.95. The highest BCUT2D eigenvalue weighted by molar-refractivity contribution is 5.69. The van der Waals surface area contributed by atoms with Crippen molar-refractivity contribution in [2.24, 2.45) is 0 Å². The maximum absolute atomic E-state index is 6.02. The van der Waals surface area contributed by atoms with Crippen LogP contribution in [0.2, 0.25) is 0 Å². The van der Waals surface area contributed by atoms with Crippen molar-refractivity contribution in [3.8, 4) is 12.3 Å². The van der Waals surface area contributed by atoms with E-state index < -0.39 is 0 Å². The largest absolute Gasteiger partial charge is 0.397 e. The average molecular weight is 231 g/mol. The number of nitrogens with two attached hydrogens (primary N) is 2. The van der Waals surface area contributed by atoms with Gasteiger partial charge in [-0.25, -0.2) is 0 Å². The fourth-order valence-corrected chi connectivity index (χ4v) is 1.87. The molecule has 0 atom stereocenters. The third-order valence-corrected chi connectivity index (χ3v) is 2.81. The zero-order chi connectivity index (χ0) is 12.8. The Hall–Kier alpha value is -1.66. The SMILES string of the molecule is C#CCc1ccc(N)c(N)c1CCCN(C)C. The lowest BCUT2D eigenvalue weighted by atomic mass is 9.97. The molecule has 0 heterocycles. The molecule has 0 spiro atoms. The van der Waals surface area contributed by atoms with Gasteiger partial charge in [0.2, 0.25) is 0 Å². The molecular formula is C14H21N3. The highest BCUT2D eigenvalue weighted by Crippen LogP contribution is 2.25. The van der Waals surface area contributed by atoms with Gasteiger partial charge in [0.1, 0.15) is 0 Å². The summed E-state index contributed by atoms with van der Waals surface area (Å²) >= 11 is 0. The molecular weight excluding hydrogens is 210 g/mol. The van der Waals surface area contributed by atoms with E-state index in [1.807, 2.05) is 12.1 Å². The van der Waals surface area contributed by atoms with Crippen molar-refractivity contribution in [3.05, 3.63) is 23.3 Å². The van der Waals surface area contributed by atoms with Gasteiger partial charge in [-0.05, 0) is 50.7 Å². The molecule has 92 valence electrons. The topological polar surface area (TPSA) is 55.3 Å². The molecule has 3 nitrogen and oxygen atoms in total. The third-order valence-electron chi connectivity index (χ3n) is 2.81. The number of hydrogen-bond donors (Lipinski definition) is 2. The number of anilines is 2. The number of hydrogen-bond acceptors (Lipinski definition) is 3. The van der Waals surface area contributed by atoms with Crippen LogP contribution in [0, 0.1) is 12.3 Å². The molecule has 0 fully saturated rings. The lowest BCUT2D eigenvalue weighted by Crippen LogP contribution is -2.14. The summed E-state index contributed by atoms with van der Waals surface area (Å²) in [5.74, 6) is 2.66. The average Bonchev–Trinajstić information content (AvgIpc) is 2.27. The van der Waals surface area contributed by atoms with Crippen LogP contribution in [0.5, 0.6) is 0 Å². The van der Waals surface area contributed by atoms with Crippen LogP contribution >= 0.6 is 0 Å². The molecule has 1 rings (SSSR count). The smallest absolute Gasteiger partial charge is 0.0583 e. The number of benzene rings is 1. The summed E-state index contributed by atoms with van der Waals surface area (Å²) in [4.78, 5) is 2.16. The van der Waals surface area contributed by atoms with Gasteiger partial charge in [-0.15, -0.1) is 12.3 Å². The van der Waals surface area contributed by atoms with E-state index in [1.165, 1.54) is 0 Å². The second-order valence-electron chi connectivity index (χ2n) is 4.49. The van der Waals surface area contributed by atoms with Crippen molar-refractivity contribution in [1.82, 2.24) is 4.90 Å². The van der Waals surface area contributed by atoms with Gasteiger partial charge in [-0.2, -0.15) is 0 Å². The Kier molecular flexibility index (Phi) is 4.86. The van der Waals surface area contributed by atoms with Crippen molar-refractivity contribution in [2.75, 3.05) is 32.1 Å². The molecule has 0 aliphatic rings. The fourth-order valence-electron chi connectivity index (χ4n) is 1.87. The standard InChI is InChI=1S/C14H21N3/c1-4-6-11-8-9-13(15)14(16)12(11)7-5-10-17(2)3/h1,8-9H,5-7,10,15-16H2,2-3H3. The molecule has 4 N–H and O–H groups in total.